The van der Waals surface area contributed by atoms with Crippen molar-refractivity contribution in [1.82, 2.24) is 24.9 Å². The smallest absolute Gasteiger partial charge is 0.256 e. The highest BCUT2D eigenvalue weighted by Gasteiger charge is 2.15. The third-order valence-electron chi connectivity index (χ3n) is 3.98. The number of methoxy groups -OCH3 is 2. The number of nitrogens with one attached hydrogen (secondary N) is 1. The molecule has 10 nitrogen and oxygen atoms in total. The standard InChI is InChI=1S/C19H23N7O3/c1-10(27)5-12-6-14(17-23-11(2)24-19(20)26-17)16(21-8-12)25-13-7-15(28-3)18(29-4)22-9-13/h6-10,27H,5H2,1-4H3,(H,21,25)(H2,20,23,24,26). The number of anilines is 3. The summed E-state index contributed by atoms with van der Waals surface area (Å²) in [5.41, 5.74) is 7.90. The second-order valence-corrected chi connectivity index (χ2v) is 6.42. The Labute approximate surface area is 168 Å². The molecule has 3 heterocycles. The van der Waals surface area contributed by atoms with Crippen molar-refractivity contribution < 1.29 is 14.6 Å². The molecular weight excluding hydrogens is 374 g/mol. The van der Waals surface area contributed by atoms with Gasteiger partial charge in [-0.25, -0.2) is 15.0 Å². The Balaban J connectivity index is 2.05. The van der Waals surface area contributed by atoms with E-state index in [4.69, 9.17) is 15.2 Å². The van der Waals surface area contributed by atoms with Crippen LogP contribution in [0, 0.1) is 6.92 Å². The number of hydrogen-bond donors (Lipinski definition) is 3. The first-order valence-corrected chi connectivity index (χ1v) is 8.90. The molecule has 3 aromatic heterocycles. The van der Waals surface area contributed by atoms with Gasteiger partial charge in [-0.05, 0) is 31.9 Å². The lowest BCUT2D eigenvalue weighted by atomic mass is 10.1. The molecule has 0 saturated heterocycles. The van der Waals surface area contributed by atoms with E-state index in [9.17, 15) is 5.11 Å². The van der Waals surface area contributed by atoms with Gasteiger partial charge in [-0.1, -0.05) is 0 Å². The lowest BCUT2D eigenvalue weighted by molar-refractivity contribution is 0.195. The highest BCUT2D eigenvalue weighted by atomic mass is 16.5. The fourth-order valence-electron chi connectivity index (χ4n) is 2.79. The third-order valence-corrected chi connectivity index (χ3v) is 3.98. The number of aliphatic hydroxyl groups excluding tert-OH is 1. The Morgan fingerprint density at radius 1 is 1.10 bits per heavy atom. The van der Waals surface area contributed by atoms with E-state index in [1.54, 1.807) is 32.3 Å². The second kappa shape index (κ2) is 8.65. The summed E-state index contributed by atoms with van der Waals surface area (Å²) >= 11 is 0. The first-order chi connectivity index (χ1) is 13.9. The number of rotatable bonds is 7. The summed E-state index contributed by atoms with van der Waals surface area (Å²) in [6, 6.07) is 3.61. The van der Waals surface area contributed by atoms with Crippen LogP contribution in [-0.4, -0.2) is 50.3 Å². The van der Waals surface area contributed by atoms with E-state index in [1.807, 2.05) is 6.07 Å². The van der Waals surface area contributed by atoms with E-state index in [-0.39, 0.29) is 5.95 Å². The van der Waals surface area contributed by atoms with Crippen LogP contribution in [0.3, 0.4) is 0 Å². The molecule has 0 aliphatic heterocycles. The van der Waals surface area contributed by atoms with Crippen LogP contribution >= 0.6 is 0 Å². The maximum Gasteiger partial charge on any atom is 0.256 e. The van der Waals surface area contributed by atoms with Gasteiger partial charge < -0.3 is 25.6 Å². The van der Waals surface area contributed by atoms with Crippen molar-refractivity contribution in [3.05, 3.63) is 35.9 Å². The number of pyridine rings is 2. The van der Waals surface area contributed by atoms with Gasteiger partial charge in [0.15, 0.2) is 11.6 Å². The van der Waals surface area contributed by atoms with Gasteiger partial charge in [0, 0.05) is 12.3 Å². The summed E-state index contributed by atoms with van der Waals surface area (Å²) in [5.74, 6) is 2.34. The summed E-state index contributed by atoms with van der Waals surface area (Å²) in [6.07, 6.45) is 3.22. The predicted molar refractivity (Wildman–Crippen MR) is 108 cm³/mol. The molecule has 0 aliphatic rings. The lowest BCUT2D eigenvalue weighted by Gasteiger charge is -2.14. The maximum atomic E-state index is 9.73. The fraction of sp³-hybridized carbons (Fsp3) is 0.316. The quantitative estimate of drug-likeness (QED) is 0.541. The van der Waals surface area contributed by atoms with Gasteiger partial charge >= 0.3 is 0 Å². The van der Waals surface area contributed by atoms with Crippen molar-refractivity contribution in [2.45, 2.75) is 26.4 Å². The largest absolute Gasteiger partial charge is 0.491 e. The zero-order valence-corrected chi connectivity index (χ0v) is 16.7. The molecule has 152 valence electrons. The zero-order valence-electron chi connectivity index (χ0n) is 16.7. The van der Waals surface area contributed by atoms with Crippen molar-refractivity contribution in [2.75, 3.05) is 25.3 Å². The number of aliphatic hydroxyl groups is 1. The number of nitrogen functional groups attached to an aromatic ring is 1. The monoisotopic (exact) mass is 397 g/mol. The zero-order chi connectivity index (χ0) is 21.0. The summed E-state index contributed by atoms with van der Waals surface area (Å²) < 4.78 is 10.5. The SMILES string of the molecule is COc1cc(Nc2ncc(CC(C)O)cc2-c2nc(C)nc(N)n2)cnc1OC. The van der Waals surface area contributed by atoms with Gasteiger partial charge in [0.25, 0.3) is 5.88 Å². The third kappa shape index (κ3) is 4.85. The molecule has 4 N–H and O–H groups in total. The van der Waals surface area contributed by atoms with Gasteiger partial charge in [0.05, 0.1) is 37.8 Å². The summed E-state index contributed by atoms with van der Waals surface area (Å²) in [6.45, 7) is 3.45. The van der Waals surface area contributed by atoms with Crippen molar-refractivity contribution in [2.24, 2.45) is 0 Å². The molecule has 0 aliphatic carbocycles. The second-order valence-electron chi connectivity index (χ2n) is 6.42. The molecular formula is C19H23N7O3. The summed E-state index contributed by atoms with van der Waals surface area (Å²) in [7, 11) is 3.06. The van der Waals surface area contributed by atoms with Crippen LogP contribution in [0.5, 0.6) is 11.6 Å². The Kier molecular flexibility index (Phi) is 6.03. The Morgan fingerprint density at radius 2 is 1.90 bits per heavy atom. The van der Waals surface area contributed by atoms with Crippen molar-refractivity contribution >= 4 is 17.5 Å². The molecule has 0 amide bonds. The average Bonchev–Trinajstić information content (AvgIpc) is 2.67. The Bertz CT molecular complexity index is 991. The van der Waals surface area contributed by atoms with E-state index in [2.05, 4.69) is 30.2 Å². The first-order valence-electron chi connectivity index (χ1n) is 8.90. The van der Waals surface area contributed by atoms with Crippen LogP contribution in [0.1, 0.15) is 18.3 Å². The normalized spacial score (nSPS) is 11.8. The minimum absolute atomic E-state index is 0.118. The molecule has 3 aromatic rings. The van der Waals surface area contributed by atoms with E-state index in [0.717, 1.165) is 5.56 Å². The van der Waals surface area contributed by atoms with E-state index < -0.39 is 6.10 Å². The highest BCUT2D eigenvalue weighted by Crippen LogP contribution is 2.31. The van der Waals surface area contributed by atoms with Crippen LogP contribution in [0.15, 0.2) is 24.5 Å². The average molecular weight is 397 g/mol. The molecule has 0 radical (unpaired) electrons. The van der Waals surface area contributed by atoms with Crippen molar-refractivity contribution in [3.63, 3.8) is 0 Å². The molecule has 0 aromatic carbocycles. The first kappa shape index (κ1) is 20.2. The Morgan fingerprint density at radius 3 is 2.55 bits per heavy atom. The summed E-state index contributed by atoms with van der Waals surface area (Å²) in [4.78, 5) is 21.4. The molecule has 0 bridgehead atoms. The van der Waals surface area contributed by atoms with Crippen LogP contribution < -0.4 is 20.5 Å². The number of nitrogens with zero attached hydrogens (tertiary/aromatic N) is 5. The molecule has 0 saturated carbocycles. The van der Waals surface area contributed by atoms with Crippen LogP contribution in [0.25, 0.3) is 11.4 Å². The van der Waals surface area contributed by atoms with Crippen molar-refractivity contribution in [1.29, 1.82) is 0 Å². The number of hydrogen-bond acceptors (Lipinski definition) is 10. The van der Waals surface area contributed by atoms with E-state index in [0.29, 0.717) is 46.8 Å². The number of aryl methyl sites for hydroxylation is 1. The van der Waals surface area contributed by atoms with Crippen molar-refractivity contribution in [3.8, 4) is 23.0 Å². The number of ether oxygens (including phenoxy) is 2. The topological polar surface area (TPSA) is 141 Å². The molecule has 3 rings (SSSR count). The van der Waals surface area contributed by atoms with E-state index in [1.165, 1.54) is 14.2 Å². The highest BCUT2D eigenvalue weighted by molar-refractivity contribution is 5.75. The van der Waals surface area contributed by atoms with Gasteiger partial charge in [-0.2, -0.15) is 9.97 Å². The molecule has 10 heteroatoms. The van der Waals surface area contributed by atoms with Gasteiger partial charge in [-0.3, -0.25) is 0 Å². The minimum atomic E-state index is -0.510. The fourth-order valence-corrected chi connectivity index (χ4v) is 2.79. The van der Waals surface area contributed by atoms with Crippen LogP contribution in [-0.2, 0) is 6.42 Å². The lowest BCUT2D eigenvalue weighted by Crippen LogP contribution is -2.08. The maximum absolute atomic E-state index is 9.73. The number of nitrogens with two attached hydrogens (primary N) is 1. The summed E-state index contributed by atoms with van der Waals surface area (Å²) in [5, 5.41) is 12.9. The molecule has 0 spiro atoms. The Hall–Kier alpha value is -3.53. The number of aromatic nitrogens is 5. The van der Waals surface area contributed by atoms with Gasteiger partial charge in [0.2, 0.25) is 5.95 Å². The van der Waals surface area contributed by atoms with Crippen LogP contribution in [0.4, 0.5) is 17.5 Å². The molecule has 1 unspecified atom stereocenters. The van der Waals surface area contributed by atoms with E-state index >= 15 is 0 Å². The van der Waals surface area contributed by atoms with Gasteiger partial charge in [-0.15, -0.1) is 0 Å². The predicted octanol–water partition coefficient (Wildman–Crippen LogP) is 1.90. The van der Waals surface area contributed by atoms with Gasteiger partial charge in [0.1, 0.15) is 11.6 Å². The molecule has 1 atom stereocenters. The molecule has 29 heavy (non-hydrogen) atoms. The van der Waals surface area contributed by atoms with Crippen LogP contribution in [0.2, 0.25) is 0 Å². The minimum Gasteiger partial charge on any atom is -0.491 e. The molecule has 0 fully saturated rings.